The number of phenolic OH excluding ortho intramolecular Hbond substituents is 2. The van der Waals surface area contributed by atoms with Crippen LogP contribution in [0.25, 0.3) is 11.3 Å². The predicted molar refractivity (Wildman–Crippen MR) is 110 cm³/mol. The molecule has 2 heterocycles. The van der Waals surface area contributed by atoms with E-state index in [1.165, 1.54) is 6.07 Å². The molecule has 0 atom stereocenters. The second kappa shape index (κ2) is 7.78. The molecule has 0 saturated heterocycles. The number of aromatic nitrogens is 1. The van der Waals surface area contributed by atoms with Crippen molar-refractivity contribution >= 4 is 40.7 Å². The van der Waals surface area contributed by atoms with Crippen LogP contribution in [-0.4, -0.2) is 32.7 Å². The van der Waals surface area contributed by atoms with Crippen LogP contribution in [-0.2, 0) is 24.2 Å². The number of halogens is 3. The van der Waals surface area contributed by atoms with Crippen molar-refractivity contribution in [3.05, 3.63) is 62.2 Å². The van der Waals surface area contributed by atoms with Gasteiger partial charge in [-0.25, -0.2) is 0 Å². The molecule has 0 bridgehead atoms. The van der Waals surface area contributed by atoms with Gasteiger partial charge in [-0.15, -0.1) is 0 Å². The molecule has 0 unspecified atom stereocenters. The molecule has 1 aliphatic heterocycles. The van der Waals surface area contributed by atoms with E-state index in [0.717, 1.165) is 17.3 Å². The van der Waals surface area contributed by atoms with E-state index < -0.39 is 0 Å². The van der Waals surface area contributed by atoms with Crippen LogP contribution < -0.4 is 0 Å². The Hall–Kier alpha value is -2.41. The largest absolute Gasteiger partial charge is 0.507 e. The summed E-state index contributed by atoms with van der Waals surface area (Å²) >= 11 is 17.9. The number of carbonyl (C=O) groups excluding carboxylic acids is 1. The number of hydrogen-bond acceptors (Lipinski definition) is 5. The Labute approximate surface area is 181 Å². The van der Waals surface area contributed by atoms with Crippen LogP contribution in [0.15, 0.2) is 34.9 Å². The van der Waals surface area contributed by atoms with Gasteiger partial charge in [-0.3, -0.25) is 4.79 Å². The molecule has 6 nitrogen and oxygen atoms in total. The molecule has 150 valence electrons. The number of fused-ring (bicyclic) bond motifs is 1. The Bertz CT molecular complexity index is 1110. The molecule has 1 amide bonds. The lowest BCUT2D eigenvalue weighted by Gasteiger charge is -2.26. The average Bonchev–Trinajstić information content (AvgIpc) is 3.10. The first-order valence-corrected chi connectivity index (χ1v) is 9.88. The maximum Gasteiger partial charge on any atom is 0.227 e. The van der Waals surface area contributed by atoms with Crippen LogP contribution >= 0.6 is 34.8 Å². The molecular weight excluding hydrogens is 439 g/mol. The Morgan fingerprint density at radius 1 is 1.07 bits per heavy atom. The Morgan fingerprint density at radius 2 is 1.86 bits per heavy atom. The summed E-state index contributed by atoms with van der Waals surface area (Å²) in [6.07, 6.45) is 0.710. The zero-order chi connectivity index (χ0) is 20.7. The highest BCUT2D eigenvalue weighted by molar-refractivity contribution is 6.42. The third-order valence-corrected chi connectivity index (χ3v) is 5.88. The summed E-state index contributed by atoms with van der Waals surface area (Å²) in [6, 6.07) is 7.66. The molecule has 1 aliphatic rings. The maximum atomic E-state index is 12.8. The Morgan fingerprint density at radius 3 is 2.62 bits per heavy atom. The fraction of sp³-hybridized carbons (Fsp3) is 0.200. The standard InChI is InChI=1S/C20H15Cl3N2O4/c21-13-2-1-10(5-14(13)22)6-19(28)25-4-3-16-12(9-25)20(29-24-16)11-7-15(23)18(27)8-17(11)26/h1-2,5,7-8,26-27H,3-4,6,9H2. The fourth-order valence-corrected chi connectivity index (χ4v) is 3.79. The Balaban J connectivity index is 1.58. The van der Waals surface area contributed by atoms with Crippen molar-refractivity contribution in [2.24, 2.45) is 0 Å². The van der Waals surface area contributed by atoms with Gasteiger partial charge in [-0.05, 0) is 23.8 Å². The van der Waals surface area contributed by atoms with E-state index in [1.807, 2.05) is 0 Å². The van der Waals surface area contributed by atoms with Crippen LogP contribution in [0.2, 0.25) is 15.1 Å². The second-order valence-electron chi connectivity index (χ2n) is 6.75. The third kappa shape index (κ3) is 3.88. The van der Waals surface area contributed by atoms with Gasteiger partial charge >= 0.3 is 0 Å². The van der Waals surface area contributed by atoms with E-state index in [2.05, 4.69) is 5.16 Å². The molecule has 0 fully saturated rings. The number of nitrogens with zero attached hydrogens (tertiary/aromatic N) is 2. The minimum atomic E-state index is -0.236. The van der Waals surface area contributed by atoms with Crippen molar-refractivity contribution in [2.45, 2.75) is 19.4 Å². The molecule has 3 aromatic rings. The molecule has 2 aromatic carbocycles. The minimum Gasteiger partial charge on any atom is -0.507 e. The van der Waals surface area contributed by atoms with Crippen molar-refractivity contribution in [1.82, 2.24) is 10.1 Å². The fourth-order valence-electron chi connectivity index (χ4n) is 3.31. The molecule has 0 saturated carbocycles. The summed E-state index contributed by atoms with van der Waals surface area (Å²) in [4.78, 5) is 14.5. The van der Waals surface area contributed by atoms with Gasteiger partial charge in [0.1, 0.15) is 11.5 Å². The molecule has 0 spiro atoms. The topological polar surface area (TPSA) is 86.8 Å². The number of rotatable bonds is 3. The maximum absolute atomic E-state index is 12.8. The molecule has 1 aromatic heterocycles. The summed E-state index contributed by atoms with van der Waals surface area (Å²) < 4.78 is 5.43. The number of aromatic hydroxyl groups is 2. The van der Waals surface area contributed by atoms with Gasteiger partial charge in [0.2, 0.25) is 5.91 Å². The molecule has 0 aliphatic carbocycles. The van der Waals surface area contributed by atoms with E-state index in [-0.39, 0.29) is 35.4 Å². The van der Waals surface area contributed by atoms with Gasteiger partial charge in [0, 0.05) is 24.6 Å². The van der Waals surface area contributed by atoms with Crippen molar-refractivity contribution in [3.8, 4) is 22.8 Å². The van der Waals surface area contributed by atoms with Crippen LogP contribution in [0.3, 0.4) is 0 Å². The first-order chi connectivity index (χ1) is 13.8. The van der Waals surface area contributed by atoms with Gasteiger partial charge in [-0.1, -0.05) is 46.0 Å². The summed E-state index contributed by atoms with van der Waals surface area (Å²) in [6.45, 7) is 0.785. The molecule has 0 radical (unpaired) electrons. The Kier molecular flexibility index (Phi) is 5.34. The number of benzene rings is 2. The van der Waals surface area contributed by atoms with E-state index >= 15 is 0 Å². The van der Waals surface area contributed by atoms with Gasteiger partial charge in [-0.2, -0.15) is 0 Å². The van der Waals surface area contributed by atoms with Crippen molar-refractivity contribution in [1.29, 1.82) is 0 Å². The van der Waals surface area contributed by atoms with E-state index in [0.29, 0.717) is 39.9 Å². The smallest absolute Gasteiger partial charge is 0.227 e. The van der Waals surface area contributed by atoms with Gasteiger partial charge in [0.05, 0.1) is 39.3 Å². The number of hydrogen-bond donors (Lipinski definition) is 2. The molecule has 4 rings (SSSR count). The highest BCUT2D eigenvalue weighted by atomic mass is 35.5. The van der Waals surface area contributed by atoms with Crippen LogP contribution in [0.5, 0.6) is 11.5 Å². The normalized spacial score (nSPS) is 13.4. The van der Waals surface area contributed by atoms with Gasteiger partial charge in [0.15, 0.2) is 5.76 Å². The summed E-state index contributed by atoms with van der Waals surface area (Å²) in [7, 11) is 0. The predicted octanol–water partition coefficient (Wildman–Crippen LogP) is 4.84. The SMILES string of the molecule is O=C(Cc1ccc(Cl)c(Cl)c1)N1CCc2noc(-c3cc(Cl)c(O)cc3O)c2C1. The second-order valence-corrected chi connectivity index (χ2v) is 7.97. The highest BCUT2D eigenvalue weighted by Gasteiger charge is 2.29. The first-order valence-electron chi connectivity index (χ1n) is 8.74. The lowest BCUT2D eigenvalue weighted by atomic mass is 10.00. The summed E-state index contributed by atoms with van der Waals surface area (Å²) in [5.41, 5.74) is 2.50. The molecule has 29 heavy (non-hydrogen) atoms. The quantitative estimate of drug-likeness (QED) is 0.592. The lowest BCUT2D eigenvalue weighted by Crippen LogP contribution is -2.36. The number of carbonyl (C=O) groups is 1. The average molecular weight is 454 g/mol. The van der Waals surface area contributed by atoms with Crippen molar-refractivity contribution in [3.63, 3.8) is 0 Å². The zero-order valence-electron chi connectivity index (χ0n) is 15.0. The number of amides is 1. The van der Waals surface area contributed by atoms with Gasteiger partial charge in [0.25, 0.3) is 0 Å². The van der Waals surface area contributed by atoms with Gasteiger partial charge < -0.3 is 19.6 Å². The van der Waals surface area contributed by atoms with Crippen molar-refractivity contribution in [2.75, 3.05) is 6.54 Å². The highest BCUT2D eigenvalue weighted by Crippen LogP contribution is 2.40. The van der Waals surface area contributed by atoms with Crippen LogP contribution in [0.4, 0.5) is 0 Å². The van der Waals surface area contributed by atoms with E-state index in [9.17, 15) is 15.0 Å². The zero-order valence-corrected chi connectivity index (χ0v) is 17.2. The molecular formula is C20H15Cl3N2O4. The van der Waals surface area contributed by atoms with E-state index in [1.54, 1.807) is 23.1 Å². The summed E-state index contributed by atoms with van der Waals surface area (Å²) in [5.74, 6) is -0.176. The first kappa shape index (κ1) is 19.9. The van der Waals surface area contributed by atoms with Crippen molar-refractivity contribution < 1.29 is 19.5 Å². The van der Waals surface area contributed by atoms with E-state index in [4.69, 9.17) is 39.3 Å². The minimum absolute atomic E-state index is 0.0749. The lowest BCUT2D eigenvalue weighted by molar-refractivity contribution is -0.131. The summed E-state index contributed by atoms with van der Waals surface area (Å²) in [5, 5.41) is 24.8. The molecule has 9 heteroatoms. The van der Waals surface area contributed by atoms with Crippen LogP contribution in [0.1, 0.15) is 16.8 Å². The van der Waals surface area contributed by atoms with Crippen LogP contribution in [0, 0.1) is 0 Å². The molecule has 2 N–H and O–H groups in total. The monoisotopic (exact) mass is 452 g/mol. The third-order valence-electron chi connectivity index (χ3n) is 4.84. The number of phenols is 2.